The molecule has 36 heavy (non-hydrogen) atoms. The Morgan fingerprint density at radius 1 is 0.972 bits per heavy atom. The van der Waals surface area contributed by atoms with E-state index in [4.69, 9.17) is 0 Å². The molecule has 1 atom stereocenters. The van der Waals surface area contributed by atoms with Gasteiger partial charge in [-0.1, -0.05) is 48.4 Å². The van der Waals surface area contributed by atoms with Crippen LogP contribution in [0.4, 0.5) is 14.5 Å². The van der Waals surface area contributed by atoms with Gasteiger partial charge >= 0.3 is 0 Å². The van der Waals surface area contributed by atoms with Crippen molar-refractivity contribution in [1.29, 1.82) is 0 Å². The molecule has 4 aromatic rings. The molecule has 1 heterocycles. The van der Waals surface area contributed by atoms with Crippen LogP contribution in [0.15, 0.2) is 72.8 Å². The third kappa shape index (κ3) is 4.95. The van der Waals surface area contributed by atoms with E-state index in [0.717, 1.165) is 25.7 Å². The lowest BCUT2D eigenvalue weighted by Gasteiger charge is -2.32. The summed E-state index contributed by atoms with van der Waals surface area (Å²) < 4.78 is 29.5. The minimum Gasteiger partial charge on any atom is -0.351 e. The van der Waals surface area contributed by atoms with Gasteiger partial charge in [-0.25, -0.2) is 13.5 Å². The number of benzene rings is 3. The van der Waals surface area contributed by atoms with E-state index in [1.807, 2.05) is 12.1 Å². The summed E-state index contributed by atoms with van der Waals surface area (Å²) in [5.41, 5.74) is 1.89. The molecule has 1 aromatic heterocycles. The number of nitrogens with one attached hydrogen (secondary N) is 1. The van der Waals surface area contributed by atoms with Crippen molar-refractivity contribution in [3.05, 3.63) is 90.0 Å². The molecule has 1 unspecified atom stereocenters. The molecule has 1 aliphatic carbocycles. The first-order chi connectivity index (χ1) is 17.5. The molecular formula is C27H25F2N5O2. The third-order valence-electron chi connectivity index (χ3n) is 6.45. The van der Waals surface area contributed by atoms with Crippen molar-refractivity contribution in [3.63, 3.8) is 0 Å². The molecule has 0 radical (unpaired) electrons. The Hall–Kier alpha value is -4.14. The Balaban J connectivity index is 1.57. The molecule has 5 rings (SSSR count). The fourth-order valence-electron chi connectivity index (χ4n) is 4.71. The van der Waals surface area contributed by atoms with Gasteiger partial charge in [-0.3, -0.25) is 14.5 Å². The van der Waals surface area contributed by atoms with Crippen LogP contribution in [-0.2, 0) is 16.1 Å². The average Bonchev–Trinajstić information content (AvgIpc) is 3.53. The Morgan fingerprint density at radius 3 is 2.47 bits per heavy atom. The highest BCUT2D eigenvalue weighted by molar-refractivity contribution is 6.01. The van der Waals surface area contributed by atoms with Crippen molar-refractivity contribution in [1.82, 2.24) is 20.3 Å². The number of hydrogen-bond donors (Lipinski definition) is 1. The van der Waals surface area contributed by atoms with Crippen LogP contribution in [0.3, 0.4) is 0 Å². The van der Waals surface area contributed by atoms with E-state index in [1.54, 1.807) is 18.2 Å². The molecule has 184 valence electrons. The van der Waals surface area contributed by atoms with E-state index in [1.165, 1.54) is 52.0 Å². The van der Waals surface area contributed by atoms with Crippen LogP contribution in [0.5, 0.6) is 0 Å². The van der Waals surface area contributed by atoms with Crippen molar-refractivity contribution in [2.24, 2.45) is 0 Å². The van der Waals surface area contributed by atoms with Crippen molar-refractivity contribution in [3.8, 4) is 0 Å². The summed E-state index contributed by atoms with van der Waals surface area (Å²) in [5, 5.41) is 11.2. The highest BCUT2D eigenvalue weighted by Crippen LogP contribution is 2.30. The smallest absolute Gasteiger partial charge is 0.249 e. The lowest BCUT2D eigenvalue weighted by atomic mass is 10.0. The van der Waals surface area contributed by atoms with Gasteiger partial charge in [-0.2, -0.15) is 0 Å². The lowest BCUT2D eigenvalue weighted by molar-refractivity contribution is -0.127. The number of carbonyl (C=O) groups excluding carboxylic acids is 2. The van der Waals surface area contributed by atoms with Crippen LogP contribution in [0, 0.1) is 11.6 Å². The summed E-state index contributed by atoms with van der Waals surface area (Å²) in [5.74, 6) is -1.92. The third-order valence-corrected chi connectivity index (χ3v) is 6.45. The second kappa shape index (κ2) is 10.2. The van der Waals surface area contributed by atoms with E-state index >= 15 is 0 Å². The maximum Gasteiger partial charge on any atom is 0.249 e. The molecule has 1 fully saturated rings. The summed E-state index contributed by atoms with van der Waals surface area (Å²) in [7, 11) is 0. The SMILES string of the molecule is O=C(NC1CCCC1)C(c1ccc(F)cc1)N(C(=O)Cn1nnc2ccccc21)c1cccc(F)c1. The average molecular weight is 490 g/mol. The van der Waals surface area contributed by atoms with E-state index in [2.05, 4.69) is 15.6 Å². The summed E-state index contributed by atoms with van der Waals surface area (Å²) in [6.07, 6.45) is 3.72. The highest BCUT2D eigenvalue weighted by Gasteiger charge is 2.35. The van der Waals surface area contributed by atoms with Gasteiger partial charge in [0.15, 0.2) is 0 Å². The van der Waals surface area contributed by atoms with Crippen LogP contribution in [0.1, 0.15) is 37.3 Å². The number of rotatable bonds is 7. The number of para-hydroxylation sites is 1. The molecule has 0 aliphatic heterocycles. The second-order valence-electron chi connectivity index (χ2n) is 8.92. The first kappa shape index (κ1) is 23.6. The Kier molecular flexibility index (Phi) is 6.71. The Bertz CT molecular complexity index is 1380. The molecule has 1 aliphatic rings. The fraction of sp³-hybridized carbons (Fsp3) is 0.259. The standard InChI is InChI=1S/C27H25F2N5O2/c28-19-14-12-18(13-15-19)26(27(36)30-21-7-1-2-8-21)34(22-9-5-6-20(29)16-22)25(35)17-33-24-11-4-3-10-23(24)31-32-33/h3-6,9-16,21,26H,1-2,7-8,17H2,(H,30,36). The second-order valence-corrected chi connectivity index (χ2v) is 8.92. The molecule has 1 N–H and O–H groups in total. The van der Waals surface area contributed by atoms with E-state index in [0.29, 0.717) is 16.6 Å². The molecule has 0 spiro atoms. The number of carbonyl (C=O) groups is 2. The predicted octanol–water partition coefficient (Wildman–Crippen LogP) is 4.54. The van der Waals surface area contributed by atoms with Crippen molar-refractivity contribution < 1.29 is 18.4 Å². The quantitative estimate of drug-likeness (QED) is 0.413. The summed E-state index contributed by atoms with van der Waals surface area (Å²) in [6.45, 7) is -0.231. The largest absolute Gasteiger partial charge is 0.351 e. The van der Waals surface area contributed by atoms with Crippen LogP contribution in [-0.4, -0.2) is 32.9 Å². The molecular weight excluding hydrogens is 464 g/mol. The maximum atomic E-state index is 14.3. The molecule has 0 saturated heterocycles. The van der Waals surface area contributed by atoms with Crippen LogP contribution in [0.2, 0.25) is 0 Å². The minimum absolute atomic E-state index is 0.0100. The number of amides is 2. The van der Waals surface area contributed by atoms with Crippen molar-refractivity contribution in [2.45, 2.75) is 44.3 Å². The molecule has 0 bridgehead atoms. The van der Waals surface area contributed by atoms with Gasteiger partial charge in [0.1, 0.15) is 29.7 Å². The minimum atomic E-state index is -1.14. The van der Waals surface area contributed by atoms with E-state index < -0.39 is 29.5 Å². The van der Waals surface area contributed by atoms with Gasteiger partial charge < -0.3 is 5.32 Å². The van der Waals surface area contributed by atoms with Gasteiger partial charge in [-0.15, -0.1) is 5.10 Å². The van der Waals surface area contributed by atoms with E-state index in [9.17, 15) is 18.4 Å². The van der Waals surface area contributed by atoms with E-state index in [-0.39, 0.29) is 18.3 Å². The fourth-order valence-corrected chi connectivity index (χ4v) is 4.71. The Morgan fingerprint density at radius 2 is 1.72 bits per heavy atom. The predicted molar refractivity (Wildman–Crippen MR) is 131 cm³/mol. The zero-order chi connectivity index (χ0) is 25.1. The normalized spacial score (nSPS) is 14.6. The van der Waals surface area contributed by atoms with Crippen LogP contribution < -0.4 is 10.2 Å². The molecule has 3 aromatic carbocycles. The molecule has 7 nitrogen and oxygen atoms in total. The maximum absolute atomic E-state index is 14.3. The number of hydrogen-bond acceptors (Lipinski definition) is 4. The van der Waals surface area contributed by atoms with Crippen LogP contribution in [0.25, 0.3) is 11.0 Å². The van der Waals surface area contributed by atoms with Crippen LogP contribution >= 0.6 is 0 Å². The molecule has 9 heteroatoms. The molecule has 1 saturated carbocycles. The van der Waals surface area contributed by atoms with Gasteiger partial charge in [0.05, 0.1) is 5.52 Å². The highest BCUT2D eigenvalue weighted by atomic mass is 19.1. The first-order valence-electron chi connectivity index (χ1n) is 11.9. The summed E-state index contributed by atoms with van der Waals surface area (Å²) in [4.78, 5) is 28.8. The van der Waals surface area contributed by atoms with Gasteiger partial charge in [-0.05, 0) is 60.9 Å². The van der Waals surface area contributed by atoms with Crippen molar-refractivity contribution >= 4 is 28.5 Å². The number of fused-ring (bicyclic) bond motifs is 1. The van der Waals surface area contributed by atoms with Gasteiger partial charge in [0.25, 0.3) is 0 Å². The van der Waals surface area contributed by atoms with Gasteiger partial charge in [0.2, 0.25) is 11.8 Å². The summed E-state index contributed by atoms with van der Waals surface area (Å²) in [6, 6.07) is 17.0. The Labute approximate surface area is 206 Å². The zero-order valence-electron chi connectivity index (χ0n) is 19.5. The number of aromatic nitrogens is 3. The number of halogens is 2. The monoisotopic (exact) mass is 489 g/mol. The summed E-state index contributed by atoms with van der Waals surface area (Å²) >= 11 is 0. The zero-order valence-corrected chi connectivity index (χ0v) is 19.5. The first-order valence-corrected chi connectivity index (χ1v) is 11.9. The topological polar surface area (TPSA) is 80.1 Å². The van der Waals surface area contributed by atoms with Gasteiger partial charge in [0, 0.05) is 11.7 Å². The number of anilines is 1. The number of nitrogens with zero attached hydrogens (tertiary/aromatic N) is 4. The lowest BCUT2D eigenvalue weighted by Crippen LogP contribution is -2.47. The van der Waals surface area contributed by atoms with Crippen molar-refractivity contribution in [2.75, 3.05) is 4.90 Å². The molecule has 2 amide bonds.